The summed E-state index contributed by atoms with van der Waals surface area (Å²) in [5.41, 5.74) is 10.7. The Morgan fingerprint density at radius 1 is 0.294 bits per heavy atom. The molecule has 0 N–H and O–H groups in total. The lowest BCUT2D eigenvalue weighted by atomic mass is 9.84. The minimum absolute atomic E-state index is 1.01. The minimum Gasteiger partial charge on any atom is -0.253 e. The van der Waals surface area contributed by atoms with Crippen LogP contribution in [0.25, 0.3) is 98.5 Å². The summed E-state index contributed by atoms with van der Waals surface area (Å²) < 4.78 is 0. The van der Waals surface area contributed by atoms with Gasteiger partial charge in [-0.2, -0.15) is 0 Å². The summed E-state index contributed by atoms with van der Waals surface area (Å²) in [6, 6.07) is 66.5. The van der Waals surface area contributed by atoms with E-state index in [2.05, 4.69) is 189 Å². The molecule has 1 aromatic heterocycles. The van der Waals surface area contributed by atoms with Gasteiger partial charge in [-0.1, -0.05) is 164 Å². The Hall–Kier alpha value is -6.57. The van der Waals surface area contributed by atoms with Crippen LogP contribution in [0.3, 0.4) is 0 Å². The Kier molecular flexibility index (Phi) is 6.79. The first-order valence-electron chi connectivity index (χ1n) is 17.6. The summed E-state index contributed by atoms with van der Waals surface area (Å²) in [5.74, 6) is 0. The molecule has 0 aliphatic carbocycles. The van der Waals surface area contributed by atoms with Crippen LogP contribution in [0.2, 0.25) is 0 Å². The molecular formula is C50H33N. The standard InChI is InChI=1S/C50H33N/c1-32-13-12-24-46(51-32)50-44-22-10-8-20-42(44)48(43-21-9-11-23-45(43)50)35-28-26-34(27-29-35)47-38-16-4-6-18-40(38)49(41-19-7-5-17-39(41)47)37-30-25-33-14-2-3-15-36(33)31-37/h2-31H,1H3. The zero-order valence-corrected chi connectivity index (χ0v) is 28.3. The first-order chi connectivity index (χ1) is 25.2. The Balaban J connectivity index is 1.19. The second-order valence-corrected chi connectivity index (χ2v) is 13.5. The van der Waals surface area contributed by atoms with Crippen LogP contribution < -0.4 is 0 Å². The van der Waals surface area contributed by atoms with E-state index in [1.807, 2.05) is 0 Å². The predicted octanol–water partition coefficient (Wildman–Crippen LogP) is 13.8. The minimum atomic E-state index is 1.01. The molecule has 0 aliphatic rings. The fraction of sp³-hybridized carbons (Fsp3) is 0.0200. The number of rotatable bonds is 4. The lowest BCUT2D eigenvalue weighted by Gasteiger charge is -2.19. The molecule has 0 radical (unpaired) electrons. The number of aromatic nitrogens is 1. The van der Waals surface area contributed by atoms with Gasteiger partial charge < -0.3 is 0 Å². The van der Waals surface area contributed by atoms with Crippen molar-refractivity contribution in [1.82, 2.24) is 4.98 Å². The van der Waals surface area contributed by atoms with Gasteiger partial charge in [-0.25, -0.2) is 0 Å². The molecule has 0 aliphatic heterocycles. The van der Waals surface area contributed by atoms with Gasteiger partial charge in [-0.15, -0.1) is 0 Å². The molecule has 238 valence electrons. The Morgan fingerprint density at radius 2 is 0.667 bits per heavy atom. The number of aryl methyl sites for hydroxylation is 1. The molecule has 0 bridgehead atoms. The molecule has 10 aromatic rings. The first kappa shape index (κ1) is 29.4. The number of fused-ring (bicyclic) bond motifs is 5. The van der Waals surface area contributed by atoms with Crippen molar-refractivity contribution in [2.45, 2.75) is 6.92 Å². The Labute approximate surface area is 297 Å². The molecule has 0 atom stereocenters. The predicted molar refractivity (Wildman–Crippen MR) is 218 cm³/mol. The fourth-order valence-electron chi connectivity index (χ4n) is 8.30. The Bertz CT molecular complexity index is 2860. The van der Waals surface area contributed by atoms with Gasteiger partial charge in [-0.05, 0) is 112 Å². The van der Waals surface area contributed by atoms with Gasteiger partial charge in [0.1, 0.15) is 0 Å². The molecular weight excluding hydrogens is 615 g/mol. The molecule has 51 heavy (non-hydrogen) atoms. The van der Waals surface area contributed by atoms with E-state index in [4.69, 9.17) is 4.98 Å². The van der Waals surface area contributed by atoms with Crippen LogP contribution in [-0.2, 0) is 0 Å². The second kappa shape index (κ2) is 11.8. The Morgan fingerprint density at radius 3 is 1.12 bits per heavy atom. The molecule has 0 fully saturated rings. The van der Waals surface area contributed by atoms with E-state index in [1.165, 1.54) is 92.8 Å². The van der Waals surface area contributed by atoms with Crippen LogP contribution >= 0.6 is 0 Å². The molecule has 1 heteroatoms. The average Bonchev–Trinajstić information content (AvgIpc) is 3.19. The van der Waals surface area contributed by atoms with E-state index >= 15 is 0 Å². The highest BCUT2D eigenvalue weighted by Gasteiger charge is 2.19. The maximum atomic E-state index is 4.98. The van der Waals surface area contributed by atoms with Crippen LogP contribution in [0.1, 0.15) is 5.69 Å². The van der Waals surface area contributed by atoms with E-state index in [0.29, 0.717) is 0 Å². The van der Waals surface area contributed by atoms with E-state index < -0.39 is 0 Å². The average molecular weight is 648 g/mol. The van der Waals surface area contributed by atoms with Crippen molar-refractivity contribution in [3.05, 3.63) is 188 Å². The highest BCUT2D eigenvalue weighted by molar-refractivity contribution is 6.23. The van der Waals surface area contributed by atoms with Crippen molar-refractivity contribution < 1.29 is 0 Å². The number of benzene rings is 9. The number of hydrogen-bond donors (Lipinski definition) is 0. The van der Waals surface area contributed by atoms with E-state index in [1.54, 1.807) is 0 Å². The summed E-state index contributed by atoms with van der Waals surface area (Å²) >= 11 is 0. The van der Waals surface area contributed by atoms with Crippen molar-refractivity contribution in [1.29, 1.82) is 0 Å². The van der Waals surface area contributed by atoms with Crippen molar-refractivity contribution in [2.24, 2.45) is 0 Å². The van der Waals surface area contributed by atoms with Crippen LogP contribution in [0.15, 0.2) is 182 Å². The highest BCUT2D eigenvalue weighted by Crippen LogP contribution is 2.46. The van der Waals surface area contributed by atoms with Gasteiger partial charge in [0.15, 0.2) is 0 Å². The maximum Gasteiger partial charge on any atom is 0.0717 e. The quantitative estimate of drug-likeness (QED) is 0.173. The van der Waals surface area contributed by atoms with Crippen molar-refractivity contribution >= 4 is 53.9 Å². The molecule has 0 saturated heterocycles. The summed E-state index contributed by atoms with van der Waals surface area (Å²) in [4.78, 5) is 4.98. The third-order valence-electron chi connectivity index (χ3n) is 10.5. The molecule has 0 unspecified atom stereocenters. The lowest BCUT2D eigenvalue weighted by Crippen LogP contribution is -1.93. The molecule has 1 nitrogen and oxygen atoms in total. The zero-order chi connectivity index (χ0) is 33.9. The summed E-state index contributed by atoms with van der Waals surface area (Å²) in [5, 5.41) is 12.5. The fourth-order valence-corrected chi connectivity index (χ4v) is 8.30. The van der Waals surface area contributed by atoms with Crippen molar-refractivity contribution in [3.8, 4) is 44.6 Å². The molecule has 0 spiro atoms. The molecule has 9 aromatic carbocycles. The van der Waals surface area contributed by atoms with E-state index in [-0.39, 0.29) is 0 Å². The SMILES string of the molecule is Cc1cccc(-c2c3ccccc3c(-c3ccc(-c4c5ccccc5c(-c5ccc6ccccc6c5)c5ccccc45)cc3)c3ccccc23)n1. The molecule has 0 saturated carbocycles. The number of nitrogens with zero attached hydrogens (tertiary/aromatic N) is 1. The smallest absolute Gasteiger partial charge is 0.0717 e. The number of pyridine rings is 1. The van der Waals surface area contributed by atoms with Crippen LogP contribution in [0, 0.1) is 6.92 Å². The van der Waals surface area contributed by atoms with Gasteiger partial charge >= 0.3 is 0 Å². The molecule has 0 amide bonds. The topological polar surface area (TPSA) is 12.9 Å². The van der Waals surface area contributed by atoms with Gasteiger partial charge in [0.05, 0.1) is 5.69 Å². The monoisotopic (exact) mass is 647 g/mol. The molecule has 10 rings (SSSR count). The summed E-state index contributed by atoms with van der Waals surface area (Å²) in [6.45, 7) is 2.06. The van der Waals surface area contributed by atoms with Gasteiger partial charge in [0.2, 0.25) is 0 Å². The van der Waals surface area contributed by atoms with Crippen molar-refractivity contribution in [2.75, 3.05) is 0 Å². The first-order valence-corrected chi connectivity index (χ1v) is 17.6. The third-order valence-corrected chi connectivity index (χ3v) is 10.5. The van der Waals surface area contributed by atoms with Crippen molar-refractivity contribution in [3.63, 3.8) is 0 Å². The maximum absolute atomic E-state index is 4.98. The summed E-state index contributed by atoms with van der Waals surface area (Å²) in [7, 11) is 0. The van der Waals surface area contributed by atoms with Gasteiger partial charge in [-0.3, -0.25) is 4.98 Å². The largest absolute Gasteiger partial charge is 0.253 e. The van der Waals surface area contributed by atoms with Crippen LogP contribution in [0.4, 0.5) is 0 Å². The van der Waals surface area contributed by atoms with E-state index in [0.717, 1.165) is 11.4 Å². The van der Waals surface area contributed by atoms with Crippen LogP contribution in [0.5, 0.6) is 0 Å². The number of hydrogen-bond acceptors (Lipinski definition) is 1. The van der Waals surface area contributed by atoms with E-state index in [9.17, 15) is 0 Å². The normalized spacial score (nSPS) is 11.6. The highest BCUT2D eigenvalue weighted by atomic mass is 14.7. The third kappa shape index (κ3) is 4.74. The lowest BCUT2D eigenvalue weighted by molar-refractivity contribution is 1.21. The molecule has 1 heterocycles. The zero-order valence-electron chi connectivity index (χ0n) is 28.3. The summed E-state index contributed by atoms with van der Waals surface area (Å²) in [6.07, 6.45) is 0. The second-order valence-electron chi connectivity index (χ2n) is 13.5. The van der Waals surface area contributed by atoms with Gasteiger partial charge in [0.25, 0.3) is 0 Å². The van der Waals surface area contributed by atoms with Gasteiger partial charge in [0, 0.05) is 11.3 Å². The van der Waals surface area contributed by atoms with Crippen LogP contribution in [-0.4, -0.2) is 4.98 Å².